The Morgan fingerprint density at radius 2 is 2.00 bits per heavy atom. The molecule has 2 heteroatoms. The summed E-state index contributed by atoms with van der Waals surface area (Å²) < 4.78 is 46.4. The Morgan fingerprint density at radius 1 is 1.57 bits per heavy atom. The van der Waals surface area contributed by atoms with Crippen LogP contribution in [0.4, 0.5) is 0 Å². The van der Waals surface area contributed by atoms with Gasteiger partial charge >= 0.3 is 0 Å². The highest BCUT2D eigenvalue weighted by atomic mass is 16.1. The van der Waals surface area contributed by atoms with Gasteiger partial charge in [0.15, 0.2) is 0 Å². The van der Waals surface area contributed by atoms with Gasteiger partial charge in [0.25, 0.3) is 0 Å². The maximum Gasteiger partial charge on any atom is 0.137 e. The van der Waals surface area contributed by atoms with Gasteiger partial charge in [-0.25, -0.2) is 0 Å². The molecule has 0 spiro atoms. The van der Waals surface area contributed by atoms with Crippen LogP contribution < -0.4 is 0 Å². The molecular weight excluding hydrogens is 92.1 g/mol. The molecule has 0 N–H and O–H groups in total. The minimum absolute atomic E-state index is 1.67. The molecule has 0 aliphatic carbocycles. The van der Waals surface area contributed by atoms with Gasteiger partial charge in [0.2, 0.25) is 0 Å². The van der Waals surface area contributed by atoms with E-state index in [2.05, 4.69) is 0 Å². The predicted octanol–water partition coefficient (Wildman–Crippen LogP) is 0.554. The summed E-state index contributed by atoms with van der Waals surface area (Å²) in [7, 11) is 0. The Labute approximate surface area is 52.4 Å². The summed E-state index contributed by atoms with van der Waals surface area (Å²) in [5.41, 5.74) is 0. The van der Waals surface area contributed by atoms with E-state index in [1.165, 1.54) is 0 Å². The minimum atomic E-state index is -3.12. The average Bonchev–Trinajstić information content (AvgIpc) is 1.97. The second-order valence-corrected chi connectivity index (χ2v) is 0.873. The fourth-order valence-electron chi connectivity index (χ4n) is 0.119. The third kappa shape index (κ3) is 5.34. The molecule has 0 aliphatic heterocycles. The molecule has 0 unspecified atom stereocenters. The molecule has 0 aromatic carbocycles. The van der Waals surface area contributed by atoms with Crippen molar-refractivity contribution < 1.29 is 19.2 Å². The van der Waals surface area contributed by atoms with E-state index >= 15 is 0 Å². The zero-order chi connectivity index (χ0) is 11.7. The summed E-state index contributed by atoms with van der Waals surface area (Å²) in [5.74, 6) is -3.34. The Hall–Kier alpha value is -0.660. The Balaban J connectivity index is 4.74. The van der Waals surface area contributed by atoms with E-state index in [4.69, 9.17) is 9.60 Å². The van der Waals surface area contributed by atoms with Crippen LogP contribution in [-0.4, -0.2) is 11.6 Å². The van der Waals surface area contributed by atoms with Gasteiger partial charge in [-0.05, 0) is 13.7 Å². The SMILES string of the molecule is [2H]C(C(=O)C([2H])([2H])[2H])C(=O)C([2H])([2H])[2H]. The van der Waals surface area contributed by atoms with E-state index in [1.54, 1.807) is 0 Å². The lowest BCUT2D eigenvalue weighted by Gasteiger charge is -1.81. The van der Waals surface area contributed by atoms with Crippen molar-refractivity contribution in [2.24, 2.45) is 0 Å². The van der Waals surface area contributed by atoms with Crippen molar-refractivity contribution in [1.82, 2.24) is 0 Å². The molecule has 0 fully saturated rings. The smallest absolute Gasteiger partial charge is 0.137 e. The third-order valence-corrected chi connectivity index (χ3v) is 0.262. The molecular formula is C5H8O2. The zero-order valence-corrected chi connectivity index (χ0v) is 3.39. The quantitative estimate of drug-likeness (QED) is 0.483. The molecule has 40 valence electrons. The highest BCUT2D eigenvalue weighted by Gasteiger charge is 1.94. The van der Waals surface area contributed by atoms with Crippen molar-refractivity contribution in [1.29, 1.82) is 0 Å². The van der Waals surface area contributed by atoms with E-state index in [0.717, 1.165) is 0 Å². The lowest BCUT2D eigenvalue weighted by atomic mass is 10.2. The first-order valence-corrected chi connectivity index (χ1v) is 1.49. The molecule has 7 heavy (non-hydrogen) atoms. The summed E-state index contributed by atoms with van der Waals surface area (Å²) in [4.78, 5) is 21.7. The van der Waals surface area contributed by atoms with Gasteiger partial charge < -0.3 is 0 Å². The topological polar surface area (TPSA) is 34.1 Å². The molecule has 0 heterocycles. The molecule has 0 amide bonds. The van der Waals surface area contributed by atoms with Gasteiger partial charge in [0.05, 0.1) is 6.40 Å². The number of hydrogen-bond acceptors (Lipinski definition) is 2. The second-order valence-electron chi connectivity index (χ2n) is 0.873. The number of carbonyl (C=O) groups is 2. The molecule has 0 radical (unpaired) electrons. The summed E-state index contributed by atoms with van der Waals surface area (Å²) in [5, 5.41) is 0. The highest BCUT2D eigenvalue weighted by molar-refractivity contribution is 5.96. The first kappa shape index (κ1) is 1.19. The maximum absolute atomic E-state index is 10.8. The van der Waals surface area contributed by atoms with E-state index < -0.39 is 31.7 Å². The van der Waals surface area contributed by atoms with E-state index in [9.17, 15) is 9.59 Å². The highest BCUT2D eigenvalue weighted by Crippen LogP contribution is 1.80. The van der Waals surface area contributed by atoms with E-state index in [1.807, 2.05) is 0 Å². The zero-order valence-electron chi connectivity index (χ0n) is 10.4. The monoisotopic (exact) mass is 107 g/mol. The van der Waals surface area contributed by atoms with Crippen LogP contribution >= 0.6 is 0 Å². The van der Waals surface area contributed by atoms with Gasteiger partial charge in [0, 0.05) is 9.60 Å². The molecule has 0 saturated carbocycles. The maximum atomic E-state index is 10.8. The van der Waals surface area contributed by atoms with Gasteiger partial charge in [-0.2, -0.15) is 0 Å². The van der Waals surface area contributed by atoms with Crippen LogP contribution in [0, 0.1) is 0 Å². The van der Waals surface area contributed by atoms with Gasteiger partial charge in [-0.15, -0.1) is 0 Å². The average molecular weight is 107 g/mol. The molecule has 0 aromatic rings. The van der Waals surface area contributed by atoms with Crippen LogP contribution in [0.1, 0.15) is 29.7 Å². The van der Waals surface area contributed by atoms with Crippen LogP contribution in [0.5, 0.6) is 0 Å². The normalized spacial score (nSPS) is 27.3. The first-order valence-electron chi connectivity index (χ1n) is 5.06. The predicted molar refractivity (Wildman–Crippen MR) is 26.0 cm³/mol. The number of carbonyl (C=O) groups excluding carboxylic acids is 2. The molecule has 0 aromatic heterocycles. The fraction of sp³-hybridized carbons (Fsp3) is 0.600. The van der Waals surface area contributed by atoms with Crippen LogP contribution in [0.3, 0.4) is 0 Å². The third-order valence-electron chi connectivity index (χ3n) is 0.262. The van der Waals surface area contributed by atoms with Crippen LogP contribution in [0.15, 0.2) is 0 Å². The van der Waals surface area contributed by atoms with Crippen molar-refractivity contribution in [3.8, 4) is 0 Å². The molecule has 0 saturated heterocycles. The van der Waals surface area contributed by atoms with E-state index in [-0.39, 0.29) is 0 Å². The van der Waals surface area contributed by atoms with Crippen molar-refractivity contribution in [3.63, 3.8) is 0 Å². The van der Waals surface area contributed by atoms with Gasteiger partial charge in [0.1, 0.15) is 11.6 Å². The van der Waals surface area contributed by atoms with Gasteiger partial charge in [-0.3, -0.25) is 9.59 Å². The first-order chi connectivity index (χ1) is 5.98. The van der Waals surface area contributed by atoms with Crippen LogP contribution in [0.2, 0.25) is 0 Å². The summed E-state index contributed by atoms with van der Waals surface area (Å²) in [6, 6.07) is 0. The van der Waals surface area contributed by atoms with Crippen molar-refractivity contribution >= 4 is 11.6 Å². The molecule has 2 nitrogen and oxygen atoms in total. The number of rotatable bonds is 2. The summed E-state index contributed by atoms with van der Waals surface area (Å²) in [6.45, 7) is -6.24. The van der Waals surface area contributed by atoms with Crippen LogP contribution in [0.25, 0.3) is 0 Å². The molecule has 0 aliphatic rings. The van der Waals surface area contributed by atoms with Crippen molar-refractivity contribution in [2.75, 3.05) is 0 Å². The molecule has 0 rings (SSSR count). The second kappa shape index (κ2) is 2.50. The molecule has 0 bridgehead atoms. The number of ketones is 2. The Bertz CT molecular complexity index is 224. The Morgan fingerprint density at radius 3 is 2.29 bits per heavy atom. The molecule has 0 atom stereocenters. The van der Waals surface area contributed by atoms with Gasteiger partial charge in [-0.1, -0.05) is 0 Å². The largest absolute Gasteiger partial charge is 0.300 e. The lowest BCUT2D eigenvalue weighted by Crippen LogP contribution is -1.97. The minimum Gasteiger partial charge on any atom is -0.300 e. The summed E-state index contributed by atoms with van der Waals surface area (Å²) >= 11 is 0. The van der Waals surface area contributed by atoms with Crippen LogP contribution in [-0.2, 0) is 9.59 Å². The van der Waals surface area contributed by atoms with Crippen molar-refractivity contribution in [3.05, 3.63) is 0 Å². The van der Waals surface area contributed by atoms with Crippen molar-refractivity contribution in [2.45, 2.75) is 20.1 Å². The standard InChI is InChI=1S/C5H8O2/c1-4(6)3-5(2)7/h3H2,1-2H3/i1D3,2D3,3D. The number of Topliss-reactive ketones (excluding diaryl/α,β-unsaturated/α-hetero) is 2. The number of hydrogen-bond donors (Lipinski definition) is 0. The lowest BCUT2D eigenvalue weighted by molar-refractivity contribution is -0.124. The Kier molecular flexibility index (Phi) is 0.424. The fourth-order valence-corrected chi connectivity index (χ4v) is 0.119. The van der Waals surface area contributed by atoms with E-state index in [0.29, 0.717) is 0 Å². The summed E-state index contributed by atoms with van der Waals surface area (Å²) in [6.07, 6.45) is -2.37.